The van der Waals surface area contributed by atoms with Gasteiger partial charge in [-0.15, -0.1) is 0 Å². The number of benzene rings is 2. The van der Waals surface area contributed by atoms with Gasteiger partial charge in [-0.25, -0.2) is 0 Å². The summed E-state index contributed by atoms with van der Waals surface area (Å²) in [7, 11) is 0. The van der Waals surface area contributed by atoms with E-state index in [0.717, 1.165) is 11.1 Å². The molecule has 0 heterocycles. The van der Waals surface area contributed by atoms with E-state index in [2.05, 4.69) is 86.7 Å². The molecule has 2 aromatic carbocycles. The molecule has 0 amide bonds. The topological polar surface area (TPSA) is 20.2 Å². The van der Waals surface area contributed by atoms with Crippen LogP contribution < -0.4 is 0 Å². The Morgan fingerprint density at radius 3 is 1.65 bits per heavy atom. The minimum Gasteiger partial charge on any atom is -0.507 e. The van der Waals surface area contributed by atoms with Crippen molar-refractivity contribution in [1.29, 1.82) is 0 Å². The molecule has 0 radical (unpaired) electrons. The summed E-state index contributed by atoms with van der Waals surface area (Å²) in [5.74, 6) is 1.09. The predicted molar refractivity (Wildman–Crippen MR) is 94.4 cm³/mol. The number of aromatic hydroxyl groups is 1. The molecule has 0 aliphatic rings. The van der Waals surface area contributed by atoms with Crippen molar-refractivity contribution in [3.63, 3.8) is 0 Å². The molecule has 106 valence electrons. The van der Waals surface area contributed by atoms with Gasteiger partial charge in [0, 0.05) is 3.57 Å². The zero-order chi connectivity index (χ0) is 14.9. The molecule has 0 saturated carbocycles. The Hall–Kier alpha value is -1.03. The molecule has 0 aliphatic carbocycles. The molecular weight excluding hydrogens is 359 g/mol. The molecule has 2 heteroatoms. The highest BCUT2D eigenvalue weighted by Crippen LogP contribution is 2.37. The molecule has 2 rings (SSSR count). The van der Waals surface area contributed by atoms with Gasteiger partial charge in [0.2, 0.25) is 0 Å². The average molecular weight is 380 g/mol. The first kappa shape index (κ1) is 15.4. The maximum absolute atomic E-state index is 10.4. The summed E-state index contributed by atoms with van der Waals surface area (Å²) in [4.78, 5) is 0. The number of halogens is 1. The summed E-state index contributed by atoms with van der Waals surface area (Å²) in [5, 5.41) is 10.4. The van der Waals surface area contributed by atoms with Gasteiger partial charge < -0.3 is 5.11 Å². The van der Waals surface area contributed by atoms with Crippen LogP contribution in [0.4, 0.5) is 0 Å². The van der Waals surface area contributed by atoms with E-state index < -0.39 is 0 Å². The monoisotopic (exact) mass is 380 g/mol. The molecule has 0 bridgehead atoms. The fourth-order valence-electron chi connectivity index (χ4n) is 2.37. The van der Waals surface area contributed by atoms with E-state index in [1.165, 1.54) is 14.7 Å². The van der Waals surface area contributed by atoms with Crippen LogP contribution in [0.1, 0.15) is 50.7 Å². The molecule has 1 N–H and O–H groups in total. The SMILES string of the molecule is CC(C)c1cc(-c2ccc(I)cc2)cc(C(C)C)c1O. The zero-order valence-electron chi connectivity index (χ0n) is 12.4. The normalized spacial score (nSPS) is 11.3. The van der Waals surface area contributed by atoms with Gasteiger partial charge in [-0.1, -0.05) is 39.8 Å². The molecule has 20 heavy (non-hydrogen) atoms. The molecule has 0 fully saturated rings. The minimum absolute atomic E-state index is 0.316. The maximum Gasteiger partial charge on any atom is 0.122 e. The molecule has 0 unspecified atom stereocenters. The van der Waals surface area contributed by atoms with Gasteiger partial charge in [-0.2, -0.15) is 0 Å². The first-order valence-corrected chi connectivity index (χ1v) is 8.10. The highest BCUT2D eigenvalue weighted by Gasteiger charge is 2.15. The quantitative estimate of drug-likeness (QED) is 0.657. The fourth-order valence-corrected chi connectivity index (χ4v) is 2.73. The molecule has 0 atom stereocenters. The summed E-state index contributed by atoms with van der Waals surface area (Å²) in [6.45, 7) is 8.49. The van der Waals surface area contributed by atoms with Crippen molar-refractivity contribution in [2.45, 2.75) is 39.5 Å². The zero-order valence-corrected chi connectivity index (χ0v) is 14.6. The summed E-state index contributed by atoms with van der Waals surface area (Å²) in [6.07, 6.45) is 0. The van der Waals surface area contributed by atoms with Crippen molar-refractivity contribution in [3.8, 4) is 16.9 Å². The lowest BCUT2D eigenvalue weighted by molar-refractivity contribution is 0.454. The van der Waals surface area contributed by atoms with E-state index in [4.69, 9.17) is 0 Å². The second-order valence-corrected chi connectivity index (χ2v) is 7.07. The van der Waals surface area contributed by atoms with Crippen molar-refractivity contribution in [2.24, 2.45) is 0 Å². The Morgan fingerprint density at radius 2 is 1.25 bits per heavy atom. The fraction of sp³-hybridized carbons (Fsp3) is 0.333. The lowest BCUT2D eigenvalue weighted by atomic mass is 9.89. The van der Waals surface area contributed by atoms with Crippen LogP contribution in [-0.2, 0) is 0 Å². The molecule has 0 spiro atoms. The van der Waals surface area contributed by atoms with Gasteiger partial charge in [0.05, 0.1) is 0 Å². The van der Waals surface area contributed by atoms with Crippen LogP contribution >= 0.6 is 22.6 Å². The lowest BCUT2D eigenvalue weighted by Crippen LogP contribution is -1.97. The second-order valence-electron chi connectivity index (χ2n) is 5.82. The number of phenols is 1. The van der Waals surface area contributed by atoms with Gasteiger partial charge >= 0.3 is 0 Å². The van der Waals surface area contributed by atoms with E-state index in [1.54, 1.807) is 0 Å². The average Bonchev–Trinajstić information content (AvgIpc) is 2.39. The number of hydrogen-bond acceptors (Lipinski definition) is 1. The number of phenolic OH excluding ortho intramolecular Hbond substituents is 1. The van der Waals surface area contributed by atoms with Gasteiger partial charge in [-0.05, 0) is 80.9 Å². The van der Waals surface area contributed by atoms with Crippen molar-refractivity contribution in [2.75, 3.05) is 0 Å². The van der Waals surface area contributed by atoms with Gasteiger partial charge in [-0.3, -0.25) is 0 Å². The third kappa shape index (κ3) is 3.17. The van der Waals surface area contributed by atoms with Crippen LogP contribution in [0, 0.1) is 3.57 Å². The lowest BCUT2D eigenvalue weighted by Gasteiger charge is -2.17. The third-order valence-electron chi connectivity index (χ3n) is 3.59. The summed E-state index contributed by atoms with van der Waals surface area (Å²) in [5.41, 5.74) is 4.45. The van der Waals surface area contributed by atoms with E-state index >= 15 is 0 Å². The summed E-state index contributed by atoms with van der Waals surface area (Å²) >= 11 is 2.32. The first-order valence-electron chi connectivity index (χ1n) is 7.03. The van der Waals surface area contributed by atoms with Crippen LogP contribution in [0.2, 0.25) is 0 Å². The number of hydrogen-bond donors (Lipinski definition) is 1. The van der Waals surface area contributed by atoms with Crippen LogP contribution in [0.25, 0.3) is 11.1 Å². The Bertz CT molecular complexity index is 568. The van der Waals surface area contributed by atoms with E-state index in [0.29, 0.717) is 17.6 Å². The smallest absolute Gasteiger partial charge is 0.122 e. The van der Waals surface area contributed by atoms with E-state index in [1.807, 2.05) is 0 Å². The Morgan fingerprint density at radius 1 is 0.800 bits per heavy atom. The Kier molecular flexibility index (Phi) is 4.74. The van der Waals surface area contributed by atoms with Crippen molar-refractivity contribution in [3.05, 3.63) is 51.1 Å². The number of rotatable bonds is 3. The largest absolute Gasteiger partial charge is 0.507 e. The Balaban J connectivity index is 2.61. The van der Waals surface area contributed by atoms with Gasteiger partial charge in [0.1, 0.15) is 5.75 Å². The predicted octanol–water partition coefficient (Wildman–Crippen LogP) is 5.91. The van der Waals surface area contributed by atoms with Crippen molar-refractivity contribution in [1.82, 2.24) is 0 Å². The molecule has 2 aromatic rings. The molecule has 0 aromatic heterocycles. The van der Waals surface area contributed by atoms with E-state index in [9.17, 15) is 5.11 Å². The van der Waals surface area contributed by atoms with Crippen LogP contribution in [0.5, 0.6) is 5.75 Å². The summed E-state index contributed by atoms with van der Waals surface area (Å²) in [6, 6.07) is 12.8. The van der Waals surface area contributed by atoms with Gasteiger partial charge in [0.15, 0.2) is 0 Å². The summed E-state index contributed by atoms with van der Waals surface area (Å²) < 4.78 is 1.23. The minimum atomic E-state index is 0.316. The third-order valence-corrected chi connectivity index (χ3v) is 4.31. The van der Waals surface area contributed by atoms with Crippen molar-refractivity contribution >= 4 is 22.6 Å². The van der Waals surface area contributed by atoms with Crippen molar-refractivity contribution < 1.29 is 5.11 Å². The molecular formula is C18H21IO. The maximum atomic E-state index is 10.4. The molecule has 0 aliphatic heterocycles. The van der Waals surface area contributed by atoms with Crippen LogP contribution in [0.15, 0.2) is 36.4 Å². The Labute approximate surface area is 135 Å². The standard InChI is InChI=1S/C18H21IO/c1-11(2)16-9-14(10-17(12(3)4)18(16)20)13-5-7-15(19)8-6-13/h5-12,20H,1-4H3. The molecule has 1 nitrogen and oxygen atoms in total. The first-order chi connectivity index (χ1) is 9.40. The highest BCUT2D eigenvalue weighted by molar-refractivity contribution is 14.1. The second kappa shape index (κ2) is 6.17. The highest BCUT2D eigenvalue weighted by atomic mass is 127. The molecule has 0 saturated heterocycles. The van der Waals surface area contributed by atoms with Crippen LogP contribution in [-0.4, -0.2) is 5.11 Å². The van der Waals surface area contributed by atoms with Gasteiger partial charge in [0.25, 0.3) is 0 Å². The van der Waals surface area contributed by atoms with E-state index in [-0.39, 0.29) is 0 Å². The van der Waals surface area contributed by atoms with Crippen LogP contribution in [0.3, 0.4) is 0 Å².